The predicted molar refractivity (Wildman–Crippen MR) is 107 cm³/mol. The van der Waals surface area contributed by atoms with Crippen molar-refractivity contribution in [3.63, 3.8) is 0 Å². The number of hydrogen-bond acceptors (Lipinski definition) is 3. The normalized spacial score (nSPS) is 14.1. The van der Waals surface area contributed by atoms with Crippen LogP contribution in [0.2, 0.25) is 0 Å². The van der Waals surface area contributed by atoms with Crippen LogP contribution in [0.15, 0.2) is 60.8 Å². The number of ether oxygens (including phenoxy) is 1. The van der Waals surface area contributed by atoms with Crippen LogP contribution in [-0.2, 0) is 18.9 Å². The second-order valence-corrected chi connectivity index (χ2v) is 7.39. The Labute approximate surface area is 214 Å². The smallest absolute Gasteiger partial charge is 1.00 e. The van der Waals surface area contributed by atoms with Crippen molar-refractivity contribution >= 4 is 5.91 Å². The summed E-state index contributed by atoms with van der Waals surface area (Å²) in [5, 5.41) is 0. The van der Waals surface area contributed by atoms with E-state index in [0.29, 0.717) is 23.3 Å². The molecule has 1 aliphatic rings. The molecule has 34 heavy (non-hydrogen) atoms. The summed E-state index contributed by atoms with van der Waals surface area (Å²) in [4.78, 5) is 18.6. The van der Waals surface area contributed by atoms with Gasteiger partial charge in [-0.25, -0.2) is 4.98 Å². The van der Waals surface area contributed by atoms with Gasteiger partial charge in [0.15, 0.2) is 0 Å². The quantitative estimate of drug-likeness (QED) is 0.419. The zero-order chi connectivity index (χ0) is 23.8. The number of benzene rings is 2. The summed E-state index contributed by atoms with van der Waals surface area (Å²) < 4.78 is 84.9. The van der Waals surface area contributed by atoms with Crippen LogP contribution in [0.1, 0.15) is 28.5 Å². The van der Waals surface area contributed by atoms with Gasteiger partial charge in [-0.2, -0.15) is 26.3 Å². The first kappa shape index (κ1) is 26.1. The monoisotopic (exact) mass is 490 g/mol. The summed E-state index contributed by atoms with van der Waals surface area (Å²) in [6.45, 7) is -0.520. The van der Waals surface area contributed by atoms with E-state index in [0.717, 1.165) is 4.90 Å². The second kappa shape index (κ2) is 9.97. The molecule has 1 aliphatic heterocycles. The number of fused-ring (bicyclic) bond motifs is 1. The Morgan fingerprint density at radius 3 is 2.15 bits per heavy atom. The summed E-state index contributed by atoms with van der Waals surface area (Å²) in [6.07, 6.45) is -8.48. The SMILES string of the molecule is O=C1c2c(-c3ccccc3)ccnc2OCCN1Cc1cc(C(F)(F)F)cc(C(F)(F)F)c1.[H-].[Na+]. The summed E-state index contributed by atoms with van der Waals surface area (Å²) in [5.74, 6) is -0.538. The maximum Gasteiger partial charge on any atom is 1.00 e. The van der Waals surface area contributed by atoms with Gasteiger partial charge in [-0.3, -0.25) is 4.79 Å². The molecule has 0 spiro atoms. The fraction of sp³-hybridized carbons (Fsp3) is 0.217. The van der Waals surface area contributed by atoms with Gasteiger partial charge < -0.3 is 11.1 Å². The Kier molecular flexibility index (Phi) is 7.64. The van der Waals surface area contributed by atoms with Gasteiger partial charge in [0.2, 0.25) is 5.88 Å². The molecule has 4 rings (SSSR count). The molecule has 1 amide bonds. The van der Waals surface area contributed by atoms with Crippen LogP contribution in [0, 0.1) is 0 Å². The number of rotatable bonds is 3. The predicted octanol–water partition coefficient (Wildman–Crippen LogP) is 2.94. The Morgan fingerprint density at radius 1 is 0.941 bits per heavy atom. The molecular formula is C23H17F6N2NaO2. The number of aromatic nitrogens is 1. The van der Waals surface area contributed by atoms with Crippen molar-refractivity contribution in [1.29, 1.82) is 0 Å². The number of hydrogen-bond donors (Lipinski definition) is 0. The van der Waals surface area contributed by atoms with E-state index in [4.69, 9.17) is 4.74 Å². The van der Waals surface area contributed by atoms with Crippen molar-refractivity contribution in [2.45, 2.75) is 18.9 Å². The van der Waals surface area contributed by atoms with Crippen LogP contribution in [0.4, 0.5) is 26.3 Å². The van der Waals surface area contributed by atoms with Crippen LogP contribution in [0.5, 0.6) is 5.88 Å². The Bertz CT molecular complexity index is 1160. The average Bonchev–Trinajstić information content (AvgIpc) is 2.92. The molecule has 2 aromatic carbocycles. The van der Waals surface area contributed by atoms with Crippen molar-refractivity contribution in [2.24, 2.45) is 0 Å². The van der Waals surface area contributed by atoms with Gasteiger partial charge in [-0.1, -0.05) is 30.3 Å². The van der Waals surface area contributed by atoms with Crippen LogP contribution in [0.25, 0.3) is 11.1 Å². The number of pyridine rings is 1. The van der Waals surface area contributed by atoms with E-state index >= 15 is 0 Å². The van der Waals surface area contributed by atoms with E-state index in [1.54, 1.807) is 36.4 Å². The van der Waals surface area contributed by atoms with Crippen molar-refractivity contribution in [3.8, 4) is 17.0 Å². The molecule has 0 N–H and O–H groups in total. The van der Waals surface area contributed by atoms with Crippen molar-refractivity contribution in [3.05, 3.63) is 83.0 Å². The molecule has 0 saturated heterocycles. The van der Waals surface area contributed by atoms with E-state index in [2.05, 4.69) is 4.98 Å². The molecule has 1 aromatic heterocycles. The summed E-state index contributed by atoms with van der Waals surface area (Å²) in [7, 11) is 0. The average molecular weight is 490 g/mol. The molecule has 174 valence electrons. The molecule has 3 aromatic rings. The summed E-state index contributed by atoms with van der Waals surface area (Å²) in [6, 6.07) is 11.8. The first-order chi connectivity index (χ1) is 15.5. The van der Waals surface area contributed by atoms with Crippen LogP contribution >= 0.6 is 0 Å². The van der Waals surface area contributed by atoms with Gasteiger partial charge in [0.25, 0.3) is 5.91 Å². The van der Waals surface area contributed by atoms with Crippen LogP contribution in [-0.4, -0.2) is 28.9 Å². The van der Waals surface area contributed by atoms with Crippen LogP contribution in [0.3, 0.4) is 0 Å². The number of carbonyl (C=O) groups is 1. The molecule has 11 heteroatoms. The first-order valence-corrected chi connectivity index (χ1v) is 9.79. The fourth-order valence-corrected chi connectivity index (χ4v) is 3.61. The van der Waals surface area contributed by atoms with Crippen molar-refractivity contribution < 1.29 is 66.9 Å². The number of amides is 1. The van der Waals surface area contributed by atoms with E-state index in [1.807, 2.05) is 0 Å². The summed E-state index contributed by atoms with van der Waals surface area (Å²) in [5.41, 5.74) is -1.87. The van der Waals surface area contributed by atoms with E-state index in [-0.39, 0.29) is 67.2 Å². The molecule has 0 saturated carbocycles. The van der Waals surface area contributed by atoms with E-state index in [1.165, 1.54) is 6.20 Å². The van der Waals surface area contributed by atoms with Gasteiger partial charge >= 0.3 is 41.9 Å². The molecular weight excluding hydrogens is 473 g/mol. The molecule has 0 bridgehead atoms. The zero-order valence-electron chi connectivity index (χ0n) is 18.9. The topological polar surface area (TPSA) is 42.4 Å². The molecule has 2 heterocycles. The standard InChI is InChI=1S/C23H16F6N2O2.Na.H/c24-22(25,26)16-10-14(11-17(12-16)23(27,28)29)13-31-8-9-33-20-19(21(31)32)18(6-7-30-20)15-4-2-1-3-5-15;;/h1-7,10-12H,8-9,13H2;;/q;+1;-1. The second-order valence-electron chi connectivity index (χ2n) is 7.39. The molecule has 0 aliphatic carbocycles. The van der Waals surface area contributed by atoms with Gasteiger partial charge in [-0.15, -0.1) is 0 Å². The minimum atomic E-state index is -4.97. The van der Waals surface area contributed by atoms with Gasteiger partial charge in [0.05, 0.1) is 17.7 Å². The molecule has 0 fully saturated rings. The molecule has 0 atom stereocenters. The third-order valence-corrected chi connectivity index (χ3v) is 5.12. The Balaban J connectivity index is 0.00000216. The van der Waals surface area contributed by atoms with Gasteiger partial charge in [-0.05, 0) is 35.4 Å². The Morgan fingerprint density at radius 2 is 1.56 bits per heavy atom. The number of alkyl halides is 6. The third-order valence-electron chi connectivity index (χ3n) is 5.12. The van der Waals surface area contributed by atoms with E-state index in [9.17, 15) is 31.1 Å². The van der Waals surface area contributed by atoms with Crippen molar-refractivity contribution in [2.75, 3.05) is 13.2 Å². The number of nitrogens with zero attached hydrogens (tertiary/aromatic N) is 2. The first-order valence-electron chi connectivity index (χ1n) is 9.79. The minimum Gasteiger partial charge on any atom is -1.00 e. The zero-order valence-corrected chi connectivity index (χ0v) is 19.9. The number of carbonyl (C=O) groups excluding carboxylic acids is 1. The maximum absolute atomic E-state index is 13.4. The maximum atomic E-state index is 13.4. The largest absolute Gasteiger partial charge is 1.00 e. The third kappa shape index (κ3) is 5.56. The van der Waals surface area contributed by atoms with Crippen molar-refractivity contribution in [1.82, 2.24) is 9.88 Å². The van der Waals surface area contributed by atoms with Gasteiger partial charge in [0.1, 0.15) is 12.2 Å². The molecule has 0 unspecified atom stereocenters. The minimum absolute atomic E-state index is 0. The molecule has 4 nitrogen and oxygen atoms in total. The van der Waals surface area contributed by atoms with Gasteiger partial charge in [0, 0.05) is 18.3 Å². The Hall–Kier alpha value is -2.56. The summed E-state index contributed by atoms with van der Waals surface area (Å²) >= 11 is 0. The van der Waals surface area contributed by atoms with E-state index < -0.39 is 35.9 Å². The molecule has 0 radical (unpaired) electrons. The fourth-order valence-electron chi connectivity index (χ4n) is 3.61. The van der Waals surface area contributed by atoms with Crippen LogP contribution < -0.4 is 34.3 Å². The number of halogens is 6.